The monoisotopic (exact) mass is 414 g/mol. The second kappa shape index (κ2) is 6.49. The Morgan fingerprint density at radius 2 is 1.76 bits per heavy atom. The highest BCUT2D eigenvalue weighted by molar-refractivity contribution is 9.10. The Kier molecular flexibility index (Phi) is 4.53. The Hall–Kier alpha value is -2.39. The van der Waals surface area contributed by atoms with Crippen LogP contribution in [0.25, 0.3) is 0 Å². The number of benzene rings is 2. The summed E-state index contributed by atoms with van der Waals surface area (Å²) in [5.74, 6) is -5.13. The van der Waals surface area contributed by atoms with E-state index in [0.29, 0.717) is 9.37 Å². The standard InChI is InChI=1S/C16H10BrF3N2O3/c17-8-4-5-10(18)9(6-8)15-21(7-13(23)22(15)25)16(24)14-11(19)2-1-3-12(14)20/h1-6,15,25H,7H2. The van der Waals surface area contributed by atoms with Gasteiger partial charge in [-0.25, -0.2) is 13.2 Å². The number of rotatable bonds is 2. The Bertz CT molecular complexity index is 857. The molecule has 0 bridgehead atoms. The van der Waals surface area contributed by atoms with Gasteiger partial charge in [0.2, 0.25) is 0 Å². The molecule has 1 aliphatic heterocycles. The van der Waals surface area contributed by atoms with Gasteiger partial charge in [-0.05, 0) is 30.3 Å². The maximum atomic E-state index is 14.2. The van der Waals surface area contributed by atoms with Gasteiger partial charge in [0.15, 0.2) is 6.17 Å². The molecule has 0 spiro atoms. The number of halogens is 4. The molecule has 0 radical (unpaired) electrons. The quantitative estimate of drug-likeness (QED) is 0.767. The molecule has 2 aromatic rings. The summed E-state index contributed by atoms with van der Waals surface area (Å²) >= 11 is 3.13. The molecule has 1 saturated heterocycles. The molecule has 1 heterocycles. The molecular weight excluding hydrogens is 405 g/mol. The molecule has 3 rings (SSSR count). The van der Waals surface area contributed by atoms with Crippen molar-refractivity contribution >= 4 is 27.7 Å². The lowest BCUT2D eigenvalue weighted by molar-refractivity contribution is -0.169. The molecule has 2 aromatic carbocycles. The minimum Gasteiger partial charge on any atom is -0.302 e. The Balaban J connectivity index is 2.09. The first-order valence-electron chi connectivity index (χ1n) is 7.02. The van der Waals surface area contributed by atoms with E-state index in [1.54, 1.807) is 0 Å². The lowest BCUT2D eigenvalue weighted by Crippen LogP contribution is -2.35. The van der Waals surface area contributed by atoms with Crippen molar-refractivity contribution in [3.8, 4) is 0 Å². The van der Waals surface area contributed by atoms with Gasteiger partial charge in [0.1, 0.15) is 29.6 Å². The molecule has 1 atom stereocenters. The van der Waals surface area contributed by atoms with Gasteiger partial charge in [-0.2, -0.15) is 5.06 Å². The van der Waals surface area contributed by atoms with Crippen molar-refractivity contribution in [3.63, 3.8) is 0 Å². The molecule has 1 aliphatic rings. The third-order valence-electron chi connectivity index (χ3n) is 3.76. The van der Waals surface area contributed by atoms with E-state index in [1.165, 1.54) is 12.1 Å². The van der Waals surface area contributed by atoms with Gasteiger partial charge in [-0.1, -0.05) is 22.0 Å². The van der Waals surface area contributed by atoms with Gasteiger partial charge in [0, 0.05) is 10.0 Å². The third-order valence-corrected chi connectivity index (χ3v) is 4.25. The summed E-state index contributed by atoms with van der Waals surface area (Å²) in [6.45, 7) is -0.653. The number of amides is 2. The summed E-state index contributed by atoms with van der Waals surface area (Å²) in [7, 11) is 0. The molecule has 9 heteroatoms. The largest absolute Gasteiger partial charge is 0.302 e. The van der Waals surface area contributed by atoms with Crippen molar-refractivity contribution in [2.24, 2.45) is 0 Å². The van der Waals surface area contributed by atoms with Crippen LogP contribution in [0.1, 0.15) is 22.1 Å². The van der Waals surface area contributed by atoms with E-state index in [4.69, 9.17) is 0 Å². The fourth-order valence-corrected chi connectivity index (χ4v) is 2.99. The minimum absolute atomic E-state index is 0.168. The van der Waals surface area contributed by atoms with Crippen LogP contribution in [0.15, 0.2) is 40.9 Å². The zero-order chi connectivity index (χ0) is 18.3. The second-order valence-electron chi connectivity index (χ2n) is 5.31. The first-order chi connectivity index (χ1) is 11.8. The van der Waals surface area contributed by atoms with Crippen LogP contribution in [-0.2, 0) is 4.79 Å². The van der Waals surface area contributed by atoms with E-state index < -0.39 is 47.5 Å². The first kappa shape index (κ1) is 17.4. The average molecular weight is 415 g/mol. The normalized spacial score (nSPS) is 17.3. The van der Waals surface area contributed by atoms with Crippen LogP contribution < -0.4 is 0 Å². The molecule has 0 aliphatic carbocycles. The number of carbonyl (C=O) groups is 2. The number of hydrogen-bond acceptors (Lipinski definition) is 3. The van der Waals surface area contributed by atoms with Crippen LogP contribution in [0.3, 0.4) is 0 Å². The molecular formula is C16H10BrF3N2O3. The highest BCUT2D eigenvalue weighted by atomic mass is 79.9. The zero-order valence-electron chi connectivity index (χ0n) is 12.4. The summed E-state index contributed by atoms with van der Waals surface area (Å²) in [6.07, 6.45) is -1.54. The van der Waals surface area contributed by atoms with E-state index in [2.05, 4.69) is 15.9 Å². The van der Waals surface area contributed by atoms with Crippen LogP contribution in [-0.4, -0.2) is 33.5 Å². The van der Waals surface area contributed by atoms with Crippen LogP contribution >= 0.6 is 15.9 Å². The van der Waals surface area contributed by atoms with Crippen molar-refractivity contribution in [2.75, 3.05) is 6.54 Å². The topological polar surface area (TPSA) is 60.9 Å². The van der Waals surface area contributed by atoms with Crippen molar-refractivity contribution in [1.82, 2.24) is 9.96 Å². The van der Waals surface area contributed by atoms with Gasteiger partial charge in [-0.15, -0.1) is 0 Å². The molecule has 0 aromatic heterocycles. The predicted octanol–water partition coefficient (Wildman–Crippen LogP) is 3.24. The van der Waals surface area contributed by atoms with Crippen molar-refractivity contribution in [2.45, 2.75) is 6.17 Å². The predicted molar refractivity (Wildman–Crippen MR) is 82.9 cm³/mol. The average Bonchev–Trinajstić information content (AvgIpc) is 2.85. The lowest BCUT2D eigenvalue weighted by atomic mass is 10.1. The fraction of sp³-hybridized carbons (Fsp3) is 0.125. The summed E-state index contributed by atoms with van der Waals surface area (Å²) < 4.78 is 42.4. The van der Waals surface area contributed by atoms with Crippen LogP contribution in [0, 0.1) is 17.5 Å². The summed E-state index contributed by atoms with van der Waals surface area (Å²) in [6, 6.07) is 6.59. The van der Waals surface area contributed by atoms with Crippen LogP contribution in [0.4, 0.5) is 13.2 Å². The van der Waals surface area contributed by atoms with E-state index in [9.17, 15) is 28.0 Å². The van der Waals surface area contributed by atoms with Crippen molar-refractivity contribution in [3.05, 3.63) is 69.4 Å². The maximum Gasteiger partial charge on any atom is 0.267 e. The fourth-order valence-electron chi connectivity index (χ4n) is 2.61. The van der Waals surface area contributed by atoms with Gasteiger partial charge < -0.3 is 4.90 Å². The Morgan fingerprint density at radius 1 is 1.12 bits per heavy atom. The van der Waals surface area contributed by atoms with Gasteiger partial charge in [0.25, 0.3) is 11.8 Å². The van der Waals surface area contributed by atoms with E-state index in [-0.39, 0.29) is 10.6 Å². The maximum absolute atomic E-state index is 14.2. The van der Waals surface area contributed by atoms with Gasteiger partial charge >= 0.3 is 0 Å². The van der Waals surface area contributed by atoms with E-state index >= 15 is 0 Å². The molecule has 1 fully saturated rings. The second-order valence-corrected chi connectivity index (χ2v) is 6.22. The number of hydrogen-bond donors (Lipinski definition) is 1. The zero-order valence-corrected chi connectivity index (χ0v) is 14.0. The number of hydroxylamine groups is 2. The Labute approximate surface area is 148 Å². The SMILES string of the molecule is O=C1CN(C(=O)c2c(F)cccc2F)C(c2cc(Br)ccc2F)N1O. The molecule has 1 N–H and O–H groups in total. The number of carbonyl (C=O) groups excluding carboxylic acids is 2. The molecule has 1 unspecified atom stereocenters. The van der Waals surface area contributed by atoms with Gasteiger partial charge in [0.05, 0.1) is 0 Å². The molecule has 0 saturated carbocycles. The van der Waals surface area contributed by atoms with E-state index in [0.717, 1.165) is 24.3 Å². The van der Waals surface area contributed by atoms with Crippen LogP contribution in [0.5, 0.6) is 0 Å². The molecule has 5 nitrogen and oxygen atoms in total. The smallest absolute Gasteiger partial charge is 0.267 e. The van der Waals surface area contributed by atoms with E-state index in [1.807, 2.05) is 0 Å². The third kappa shape index (κ3) is 3.00. The minimum atomic E-state index is -1.54. The molecule has 25 heavy (non-hydrogen) atoms. The first-order valence-corrected chi connectivity index (χ1v) is 7.81. The lowest BCUT2D eigenvalue weighted by Gasteiger charge is -2.27. The van der Waals surface area contributed by atoms with Crippen molar-refractivity contribution < 1.29 is 28.0 Å². The summed E-state index contributed by atoms with van der Waals surface area (Å²) in [5.41, 5.74) is -1.08. The van der Waals surface area contributed by atoms with Gasteiger partial charge in [-0.3, -0.25) is 14.8 Å². The summed E-state index contributed by atoms with van der Waals surface area (Å²) in [4.78, 5) is 25.1. The highest BCUT2D eigenvalue weighted by Gasteiger charge is 2.44. The molecule has 2 amide bonds. The number of nitrogens with zero attached hydrogens (tertiary/aromatic N) is 2. The molecule has 130 valence electrons. The van der Waals surface area contributed by atoms with Crippen LogP contribution in [0.2, 0.25) is 0 Å². The highest BCUT2D eigenvalue weighted by Crippen LogP contribution is 2.34. The Morgan fingerprint density at radius 3 is 2.40 bits per heavy atom. The van der Waals surface area contributed by atoms with Crippen molar-refractivity contribution in [1.29, 1.82) is 0 Å². The summed E-state index contributed by atoms with van der Waals surface area (Å²) in [5, 5.41) is 10.1.